The molecule has 9 heteroatoms. The van der Waals surface area contributed by atoms with Crippen LogP contribution in [0.4, 0.5) is 5.13 Å². The van der Waals surface area contributed by atoms with E-state index in [1.54, 1.807) is 0 Å². The average Bonchev–Trinajstić information content (AvgIpc) is 2.73. The first-order chi connectivity index (χ1) is 9.84. The van der Waals surface area contributed by atoms with E-state index >= 15 is 0 Å². The molecule has 1 aromatic rings. The van der Waals surface area contributed by atoms with Gasteiger partial charge in [0.1, 0.15) is 5.01 Å². The van der Waals surface area contributed by atoms with E-state index < -0.39 is 9.84 Å². The number of carbonyl (C=O) groups excluding carboxylic acids is 1. The number of anilines is 1. The van der Waals surface area contributed by atoms with Gasteiger partial charge in [0.05, 0.1) is 11.5 Å². The Morgan fingerprint density at radius 3 is 2.90 bits per heavy atom. The molecule has 1 aliphatic rings. The third-order valence-electron chi connectivity index (χ3n) is 3.03. The Hall–Kier alpha value is -1.06. The van der Waals surface area contributed by atoms with E-state index in [0.29, 0.717) is 17.6 Å². The highest BCUT2D eigenvalue weighted by molar-refractivity contribution is 7.91. The maximum atomic E-state index is 11.9. The molecule has 0 aromatic carbocycles. The zero-order valence-corrected chi connectivity index (χ0v) is 13.8. The van der Waals surface area contributed by atoms with E-state index in [9.17, 15) is 13.2 Å². The number of sulfone groups is 1. The Morgan fingerprint density at radius 2 is 2.24 bits per heavy atom. The summed E-state index contributed by atoms with van der Waals surface area (Å²) in [7, 11) is -3.03. The van der Waals surface area contributed by atoms with E-state index in [-0.39, 0.29) is 29.9 Å². The lowest BCUT2D eigenvalue weighted by molar-refractivity contribution is -0.116. The lowest BCUT2D eigenvalue weighted by Gasteiger charge is -2.22. The summed E-state index contributed by atoms with van der Waals surface area (Å²) in [6, 6.07) is -0.327. The number of hydrogen-bond acceptors (Lipinski definition) is 7. The molecule has 0 radical (unpaired) electrons. The summed E-state index contributed by atoms with van der Waals surface area (Å²) in [6.07, 6.45) is 0.953. The molecule has 0 spiro atoms. The quantitative estimate of drug-likeness (QED) is 0.812. The standard InChI is InChI=1S/C12H20N4O3S2/c1-8(2)5-11-15-16-12(20-11)14-10(17)6-9-7-21(18,19)4-3-13-9/h8-9,13H,3-7H2,1-2H3,(H,14,16,17). The molecule has 1 aliphatic heterocycles. The number of hydrogen-bond donors (Lipinski definition) is 2. The molecule has 1 aromatic heterocycles. The third-order valence-corrected chi connectivity index (χ3v) is 5.63. The van der Waals surface area contributed by atoms with Crippen LogP contribution in [0.25, 0.3) is 0 Å². The van der Waals surface area contributed by atoms with Crippen LogP contribution in [0.2, 0.25) is 0 Å². The Labute approximate surface area is 128 Å². The molecule has 21 heavy (non-hydrogen) atoms. The van der Waals surface area contributed by atoms with Crippen molar-refractivity contribution in [2.45, 2.75) is 32.7 Å². The second-order valence-electron chi connectivity index (χ2n) is 5.62. The smallest absolute Gasteiger partial charge is 0.227 e. The molecule has 1 fully saturated rings. The van der Waals surface area contributed by atoms with Crippen LogP contribution in [0.15, 0.2) is 0 Å². The first-order valence-electron chi connectivity index (χ1n) is 6.90. The number of nitrogens with one attached hydrogen (secondary N) is 2. The van der Waals surface area contributed by atoms with Crippen molar-refractivity contribution < 1.29 is 13.2 Å². The Balaban J connectivity index is 1.85. The van der Waals surface area contributed by atoms with Crippen LogP contribution >= 0.6 is 11.3 Å². The van der Waals surface area contributed by atoms with Crippen molar-refractivity contribution in [2.24, 2.45) is 5.92 Å². The fraction of sp³-hybridized carbons (Fsp3) is 0.750. The monoisotopic (exact) mass is 332 g/mol. The van der Waals surface area contributed by atoms with Crippen molar-refractivity contribution in [3.8, 4) is 0 Å². The van der Waals surface area contributed by atoms with Gasteiger partial charge in [0, 0.05) is 25.4 Å². The van der Waals surface area contributed by atoms with Crippen molar-refractivity contribution >= 4 is 32.2 Å². The van der Waals surface area contributed by atoms with Crippen LogP contribution in [-0.2, 0) is 21.1 Å². The minimum atomic E-state index is -3.03. The molecule has 1 unspecified atom stereocenters. The van der Waals surface area contributed by atoms with Crippen LogP contribution in [0.1, 0.15) is 25.3 Å². The highest BCUT2D eigenvalue weighted by Crippen LogP contribution is 2.18. The number of nitrogens with zero attached hydrogens (tertiary/aromatic N) is 2. The molecule has 7 nitrogen and oxygen atoms in total. The normalized spacial score (nSPS) is 21.4. The van der Waals surface area contributed by atoms with E-state index in [2.05, 4.69) is 34.7 Å². The second-order valence-corrected chi connectivity index (χ2v) is 8.91. The summed E-state index contributed by atoms with van der Waals surface area (Å²) in [5.74, 6) is 0.393. The Kier molecular flexibility index (Phi) is 5.28. The summed E-state index contributed by atoms with van der Waals surface area (Å²) < 4.78 is 23.0. The van der Waals surface area contributed by atoms with Crippen molar-refractivity contribution in [1.82, 2.24) is 15.5 Å². The zero-order valence-electron chi connectivity index (χ0n) is 12.1. The van der Waals surface area contributed by atoms with Crippen LogP contribution in [-0.4, -0.2) is 48.6 Å². The third kappa shape index (κ3) is 5.33. The minimum absolute atomic E-state index is 0.00907. The van der Waals surface area contributed by atoms with Crippen molar-refractivity contribution in [3.05, 3.63) is 5.01 Å². The zero-order chi connectivity index (χ0) is 15.5. The SMILES string of the molecule is CC(C)Cc1nnc(NC(=O)CC2CS(=O)(=O)CCN2)s1. The lowest BCUT2D eigenvalue weighted by atomic mass is 10.1. The summed E-state index contributed by atoms with van der Waals surface area (Å²) in [5.41, 5.74) is 0. The van der Waals surface area contributed by atoms with Gasteiger partial charge >= 0.3 is 0 Å². The first kappa shape index (κ1) is 16.3. The highest BCUT2D eigenvalue weighted by Gasteiger charge is 2.26. The predicted octanol–water partition coefficient (Wildman–Crippen LogP) is 0.452. The average molecular weight is 332 g/mol. The van der Waals surface area contributed by atoms with Gasteiger partial charge < -0.3 is 10.6 Å². The van der Waals surface area contributed by atoms with Gasteiger partial charge in [-0.25, -0.2) is 8.42 Å². The van der Waals surface area contributed by atoms with Gasteiger partial charge in [-0.15, -0.1) is 10.2 Å². The molecule has 0 bridgehead atoms. The molecule has 2 heterocycles. The molecule has 0 aliphatic carbocycles. The van der Waals surface area contributed by atoms with Crippen molar-refractivity contribution in [2.75, 3.05) is 23.4 Å². The fourth-order valence-corrected chi connectivity index (χ4v) is 4.54. The van der Waals surface area contributed by atoms with Gasteiger partial charge in [0.2, 0.25) is 11.0 Å². The van der Waals surface area contributed by atoms with Crippen LogP contribution < -0.4 is 10.6 Å². The highest BCUT2D eigenvalue weighted by atomic mass is 32.2. The predicted molar refractivity (Wildman–Crippen MR) is 82.1 cm³/mol. The summed E-state index contributed by atoms with van der Waals surface area (Å²) in [5, 5.41) is 15.0. The van der Waals surface area contributed by atoms with Crippen molar-refractivity contribution in [1.29, 1.82) is 0 Å². The lowest BCUT2D eigenvalue weighted by Crippen LogP contribution is -2.46. The maximum absolute atomic E-state index is 11.9. The van der Waals surface area contributed by atoms with Crippen LogP contribution in [0.5, 0.6) is 0 Å². The number of rotatable bonds is 5. The fourth-order valence-electron chi connectivity index (χ4n) is 2.13. The summed E-state index contributed by atoms with van der Waals surface area (Å²) in [6.45, 7) is 4.58. The van der Waals surface area contributed by atoms with Gasteiger partial charge in [-0.1, -0.05) is 25.2 Å². The van der Waals surface area contributed by atoms with Crippen LogP contribution in [0.3, 0.4) is 0 Å². The Morgan fingerprint density at radius 1 is 1.48 bits per heavy atom. The molecular weight excluding hydrogens is 312 g/mol. The molecule has 2 rings (SSSR count). The first-order valence-corrected chi connectivity index (χ1v) is 9.54. The molecule has 0 saturated carbocycles. The molecular formula is C12H20N4O3S2. The van der Waals surface area contributed by atoms with Crippen molar-refractivity contribution in [3.63, 3.8) is 0 Å². The molecule has 2 N–H and O–H groups in total. The molecule has 118 valence electrons. The molecule has 1 atom stereocenters. The van der Waals surface area contributed by atoms with E-state index in [0.717, 1.165) is 11.4 Å². The number of amides is 1. The second kappa shape index (κ2) is 6.80. The number of carbonyl (C=O) groups is 1. The van der Waals surface area contributed by atoms with Gasteiger partial charge in [-0.3, -0.25) is 4.79 Å². The largest absolute Gasteiger partial charge is 0.311 e. The van der Waals surface area contributed by atoms with E-state index in [4.69, 9.17) is 0 Å². The van der Waals surface area contributed by atoms with Gasteiger partial charge in [-0.2, -0.15) is 0 Å². The Bertz CT molecular complexity index is 597. The van der Waals surface area contributed by atoms with E-state index in [1.807, 2.05) is 0 Å². The maximum Gasteiger partial charge on any atom is 0.227 e. The van der Waals surface area contributed by atoms with Gasteiger partial charge in [-0.05, 0) is 5.92 Å². The summed E-state index contributed by atoms with van der Waals surface area (Å²) >= 11 is 1.36. The molecule has 1 amide bonds. The van der Waals surface area contributed by atoms with Crippen LogP contribution in [0, 0.1) is 5.92 Å². The number of aromatic nitrogens is 2. The van der Waals surface area contributed by atoms with Gasteiger partial charge in [0.25, 0.3) is 0 Å². The summed E-state index contributed by atoms with van der Waals surface area (Å²) in [4.78, 5) is 11.9. The minimum Gasteiger partial charge on any atom is -0.311 e. The van der Waals surface area contributed by atoms with Gasteiger partial charge in [0.15, 0.2) is 9.84 Å². The van der Waals surface area contributed by atoms with E-state index in [1.165, 1.54) is 11.3 Å². The topological polar surface area (TPSA) is 101 Å². The molecule has 1 saturated heterocycles.